The van der Waals surface area contributed by atoms with E-state index in [-0.39, 0.29) is 17.0 Å². The number of unbranched alkanes of at least 4 members (excludes halogenated alkanes) is 7. The second kappa shape index (κ2) is 14.4. The van der Waals surface area contributed by atoms with Crippen LogP contribution in [-0.4, -0.2) is 11.5 Å². The first-order valence-corrected chi connectivity index (χ1v) is 12.2. The van der Waals surface area contributed by atoms with E-state index in [0.29, 0.717) is 4.58 Å². The zero-order valence-corrected chi connectivity index (χ0v) is 19.3. The third-order valence-electron chi connectivity index (χ3n) is 4.99. The molecule has 1 fully saturated rings. The molecule has 0 spiro atoms. The number of hydrogen-bond donors (Lipinski definition) is 0. The van der Waals surface area contributed by atoms with E-state index in [0.717, 1.165) is 12.5 Å². The summed E-state index contributed by atoms with van der Waals surface area (Å²) in [6.07, 6.45) is 17.4. The summed E-state index contributed by atoms with van der Waals surface area (Å²) in [5.41, 5.74) is 1.50. The average molecular weight is 447 g/mol. The molecule has 1 aliphatic rings. The lowest BCUT2D eigenvalue weighted by Gasteiger charge is -2.27. The van der Waals surface area contributed by atoms with Crippen LogP contribution in [0.5, 0.6) is 0 Å². The number of pyridine rings is 1. The Morgan fingerprint density at radius 3 is 2.00 bits per heavy atom. The van der Waals surface area contributed by atoms with E-state index in [9.17, 15) is 0 Å². The Kier molecular flexibility index (Phi) is 13.5. The van der Waals surface area contributed by atoms with Crippen LogP contribution in [-0.2, 0) is 6.54 Å². The molecule has 0 aliphatic carbocycles. The van der Waals surface area contributed by atoms with Crippen LogP contribution in [0.15, 0.2) is 24.5 Å². The summed E-state index contributed by atoms with van der Waals surface area (Å²) < 4.78 is 2.90. The van der Waals surface area contributed by atoms with Crippen LogP contribution in [0.3, 0.4) is 0 Å². The van der Waals surface area contributed by atoms with Crippen LogP contribution in [0.4, 0.5) is 0 Å². The lowest BCUT2D eigenvalue weighted by atomic mass is 10.0. The van der Waals surface area contributed by atoms with Crippen molar-refractivity contribution in [2.75, 3.05) is 11.5 Å². The lowest BCUT2D eigenvalue weighted by molar-refractivity contribution is -0.693. The molecular weight excluding hydrogens is 410 g/mol. The van der Waals surface area contributed by atoms with Crippen molar-refractivity contribution in [2.24, 2.45) is 5.92 Å². The predicted octanol–water partition coefficient (Wildman–Crippen LogP) is 3.62. The molecule has 1 saturated heterocycles. The van der Waals surface area contributed by atoms with E-state index in [2.05, 4.69) is 66.5 Å². The maximum absolute atomic E-state index is 2.31. The minimum Gasteiger partial charge on any atom is -1.00 e. The highest BCUT2D eigenvalue weighted by Gasteiger charge is 2.23. The van der Waals surface area contributed by atoms with E-state index in [1.807, 2.05) is 0 Å². The summed E-state index contributed by atoms with van der Waals surface area (Å²) in [4.78, 5) is 0. The maximum Gasteiger partial charge on any atom is 0.169 e. The van der Waals surface area contributed by atoms with E-state index in [1.165, 1.54) is 74.9 Å². The smallest absolute Gasteiger partial charge is 0.169 e. The topological polar surface area (TPSA) is 3.88 Å². The molecule has 0 atom stereocenters. The fourth-order valence-electron chi connectivity index (χ4n) is 3.31. The highest BCUT2D eigenvalue weighted by atomic mass is 79.9. The number of hydrogen-bond acceptors (Lipinski definition) is 2. The molecule has 0 bridgehead atoms. The first kappa shape index (κ1) is 23.4. The van der Waals surface area contributed by atoms with Crippen LogP contribution in [0.25, 0.3) is 0 Å². The first-order chi connectivity index (χ1) is 11.8. The van der Waals surface area contributed by atoms with Gasteiger partial charge in [-0.25, -0.2) is 4.57 Å². The lowest BCUT2D eigenvalue weighted by Crippen LogP contribution is -3.00. The fourth-order valence-corrected chi connectivity index (χ4v) is 6.47. The van der Waals surface area contributed by atoms with Gasteiger partial charge in [0, 0.05) is 12.1 Å². The number of nitrogens with zero attached hydrogens (tertiary/aromatic N) is 1. The van der Waals surface area contributed by atoms with Gasteiger partial charge in [-0.2, -0.15) is 0 Å². The van der Waals surface area contributed by atoms with Crippen LogP contribution in [0.2, 0.25) is 0 Å². The summed E-state index contributed by atoms with van der Waals surface area (Å²) in [5.74, 6) is 3.66. The fraction of sp³-hybridized carbons (Fsp3) is 0.762. The molecule has 144 valence electrons. The third-order valence-corrected chi connectivity index (χ3v) is 8.28. The standard InChI is InChI=1S/C21H36NS2.BrH/c1-3-5-6-7-8-9-10-11-12-19-17-23-21(24-18-19)20-13-15-22(4-2)16-14-20;/h13-16,19,21H,3-12,17-18H2,1-2H3;1H/q+1;/p-1. The molecule has 1 nitrogen and oxygen atoms in total. The molecule has 1 aromatic heterocycles. The summed E-state index contributed by atoms with van der Waals surface area (Å²) >= 11 is 4.34. The minimum absolute atomic E-state index is 0. The van der Waals surface area contributed by atoms with Gasteiger partial charge in [0.2, 0.25) is 0 Å². The van der Waals surface area contributed by atoms with Gasteiger partial charge < -0.3 is 17.0 Å². The Bertz CT molecular complexity index is 430. The largest absolute Gasteiger partial charge is 1.00 e. The summed E-state index contributed by atoms with van der Waals surface area (Å²) in [6.45, 7) is 5.55. The second-order valence-corrected chi connectivity index (χ2v) is 9.66. The number of aryl methyl sites for hydroxylation is 1. The molecule has 2 rings (SSSR count). The molecule has 0 unspecified atom stereocenters. The predicted molar refractivity (Wildman–Crippen MR) is 111 cm³/mol. The molecule has 0 aromatic carbocycles. The molecule has 0 radical (unpaired) electrons. The van der Waals surface area contributed by atoms with Crippen molar-refractivity contribution in [3.63, 3.8) is 0 Å². The van der Waals surface area contributed by atoms with Gasteiger partial charge >= 0.3 is 0 Å². The van der Waals surface area contributed by atoms with Gasteiger partial charge in [-0.15, -0.1) is 23.5 Å². The molecule has 4 heteroatoms. The quantitative estimate of drug-likeness (QED) is 0.378. The summed E-state index contributed by atoms with van der Waals surface area (Å²) in [6, 6.07) is 4.63. The van der Waals surface area contributed by atoms with Crippen LogP contribution in [0.1, 0.15) is 81.8 Å². The highest BCUT2D eigenvalue weighted by molar-refractivity contribution is 8.16. The van der Waals surface area contributed by atoms with Crippen LogP contribution >= 0.6 is 23.5 Å². The number of aromatic nitrogens is 1. The molecule has 2 heterocycles. The van der Waals surface area contributed by atoms with Gasteiger partial charge in [0.15, 0.2) is 12.4 Å². The Balaban J connectivity index is 0.00000312. The zero-order valence-electron chi connectivity index (χ0n) is 16.1. The monoisotopic (exact) mass is 445 g/mol. The van der Waals surface area contributed by atoms with Gasteiger partial charge in [0.1, 0.15) is 6.54 Å². The van der Waals surface area contributed by atoms with Crippen molar-refractivity contribution in [3.8, 4) is 0 Å². The van der Waals surface area contributed by atoms with Gasteiger partial charge in [-0.1, -0.05) is 58.3 Å². The molecular formula is C21H36BrNS2. The molecule has 0 N–H and O–H groups in total. The second-order valence-electron chi connectivity index (χ2n) is 7.09. The first-order valence-electron chi connectivity index (χ1n) is 10.1. The Morgan fingerprint density at radius 1 is 0.880 bits per heavy atom. The highest BCUT2D eigenvalue weighted by Crippen LogP contribution is 2.46. The average Bonchev–Trinajstić information content (AvgIpc) is 2.64. The van der Waals surface area contributed by atoms with Crippen molar-refractivity contribution in [2.45, 2.75) is 82.8 Å². The van der Waals surface area contributed by atoms with Crippen LogP contribution < -0.4 is 21.5 Å². The minimum atomic E-state index is 0. The van der Waals surface area contributed by atoms with E-state index >= 15 is 0 Å². The van der Waals surface area contributed by atoms with Crippen molar-refractivity contribution in [1.82, 2.24) is 0 Å². The summed E-state index contributed by atoms with van der Waals surface area (Å²) in [5, 5.41) is 0. The van der Waals surface area contributed by atoms with Gasteiger partial charge in [-0.3, -0.25) is 0 Å². The van der Waals surface area contributed by atoms with Crippen molar-refractivity contribution in [3.05, 3.63) is 30.1 Å². The van der Waals surface area contributed by atoms with Gasteiger partial charge in [0.05, 0.1) is 4.58 Å². The Hall–Kier alpha value is 0.330. The van der Waals surface area contributed by atoms with Crippen LogP contribution in [0, 0.1) is 5.92 Å². The zero-order chi connectivity index (χ0) is 17.0. The van der Waals surface area contributed by atoms with Gasteiger partial charge in [-0.05, 0) is 36.3 Å². The SMILES string of the molecule is CCCCCCCCCCC1CSC(c2cc[n+](CC)cc2)SC1.[Br-]. The van der Waals surface area contributed by atoms with Crippen molar-refractivity contribution in [1.29, 1.82) is 0 Å². The molecule has 25 heavy (non-hydrogen) atoms. The van der Waals surface area contributed by atoms with Gasteiger partial charge in [0.25, 0.3) is 0 Å². The molecule has 0 saturated carbocycles. The van der Waals surface area contributed by atoms with E-state index < -0.39 is 0 Å². The van der Waals surface area contributed by atoms with E-state index in [4.69, 9.17) is 0 Å². The normalized spacial score (nSPS) is 20.2. The molecule has 1 aliphatic heterocycles. The molecule has 1 aromatic rings. The van der Waals surface area contributed by atoms with Crippen molar-refractivity contribution >= 4 is 23.5 Å². The number of halogens is 1. The Labute approximate surface area is 174 Å². The van der Waals surface area contributed by atoms with Crippen molar-refractivity contribution < 1.29 is 21.5 Å². The van der Waals surface area contributed by atoms with E-state index in [1.54, 1.807) is 0 Å². The third kappa shape index (κ3) is 9.19. The Morgan fingerprint density at radius 2 is 1.44 bits per heavy atom. The number of rotatable bonds is 11. The molecule has 0 amide bonds. The summed E-state index contributed by atoms with van der Waals surface area (Å²) in [7, 11) is 0. The maximum atomic E-state index is 2.31. The number of thioether (sulfide) groups is 2.